The van der Waals surface area contributed by atoms with E-state index in [1.54, 1.807) is 0 Å². The molecule has 1 N–H and O–H groups in total. The van der Waals surface area contributed by atoms with Gasteiger partial charge in [0.2, 0.25) is 0 Å². The molecule has 1 aliphatic heterocycles. The number of allylic oxidation sites excluding steroid dienone is 5. The number of hydrogen-bond acceptors (Lipinski definition) is 3. The topological polar surface area (TPSA) is 98.0 Å². The van der Waals surface area contributed by atoms with Gasteiger partial charge in [0.1, 0.15) is 0 Å². The van der Waals surface area contributed by atoms with Crippen molar-refractivity contribution in [3.05, 3.63) is 55.5 Å². The molecule has 1 unspecified atom stereocenters. The summed E-state index contributed by atoms with van der Waals surface area (Å²) in [4.78, 5) is 11.8. The molecule has 7 heteroatoms. The molecular formula is C16H17FeNO5. The molecule has 1 saturated heterocycles. The number of methoxy groups -OCH3 is 1. The number of ether oxygens (including phenoxy) is 1. The Labute approximate surface area is 146 Å². The Kier molecular flexibility index (Phi) is 20.8. The van der Waals surface area contributed by atoms with E-state index in [2.05, 4.69) is 37.4 Å². The van der Waals surface area contributed by atoms with Crippen LogP contribution in [0.3, 0.4) is 0 Å². The summed E-state index contributed by atoms with van der Waals surface area (Å²) in [7, 11) is 1.44. The van der Waals surface area contributed by atoms with Crippen molar-refractivity contribution in [3.8, 4) is 0 Å². The van der Waals surface area contributed by atoms with Crippen LogP contribution in [0.5, 0.6) is 0 Å². The van der Waals surface area contributed by atoms with E-state index < -0.39 is 0 Å². The first-order valence-corrected chi connectivity index (χ1v) is 6.32. The maximum Gasteiger partial charge on any atom is 0 e. The summed E-state index contributed by atoms with van der Waals surface area (Å²) in [5.41, 5.74) is 1.87. The number of nitrogens with one attached hydrogen (secondary N) is 1. The van der Waals surface area contributed by atoms with Crippen molar-refractivity contribution in [3.63, 3.8) is 0 Å². The third-order valence-corrected chi connectivity index (χ3v) is 3.02. The van der Waals surface area contributed by atoms with Crippen molar-refractivity contribution in [2.75, 3.05) is 13.7 Å². The molecule has 0 aromatic rings. The second-order valence-corrected chi connectivity index (χ2v) is 4.07. The van der Waals surface area contributed by atoms with Gasteiger partial charge in [0.25, 0.3) is 0 Å². The van der Waals surface area contributed by atoms with E-state index >= 15 is 0 Å². The van der Waals surface area contributed by atoms with Crippen LogP contribution in [0.25, 0.3) is 0 Å². The molecule has 124 valence electrons. The maximum atomic E-state index is 11.8. The molecule has 6 nitrogen and oxygen atoms in total. The summed E-state index contributed by atoms with van der Waals surface area (Å²) in [5, 5.41) is 3.29. The molecule has 2 aliphatic rings. The average molecular weight is 359 g/mol. The van der Waals surface area contributed by atoms with E-state index in [1.807, 2.05) is 12.2 Å². The van der Waals surface area contributed by atoms with Gasteiger partial charge in [-0.1, -0.05) is 24.3 Å². The van der Waals surface area contributed by atoms with E-state index in [0.717, 1.165) is 37.1 Å². The van der Waals surface area contributed by atoms with E-state index in [0.29, 0.717) is 0 Å². The fourth-order valence-electron chi connectivity index (χ4n) is 2.23. The molecule has 0 aromatic carbocycles. The summed E-state index contributed by atoms with van der Waals surface area (Å²) in [6, 6.07) is 0. The fraction of sp³-hybridized carbons (Fsp3) is 0.375. The minimum atomic E-state index is -0.200. The average Bonchev–Trinajstić information content (AvgIpc) is 3.15. The number of rotatable bonds is 2. The Morgan fingerprint density at radius 3 is 2.22 bits per heavy atom. The fourth-order valence-corrected chi connectivity index (χ4v) is 2.23. The van der Waals surface area contributed by atoms with E-state index in [9.17, 15) is 4.79 Å². The Morgan fingerprint density at radius 2 is 1.83 bits per heavy atom. The summed E-state index contributed by atoms with van der Waals surface area (Å²) in [6.45, 7) is 14.5. The minimum absolute atomic E-state index is 0. The molecule has 1 atom stereocenters. The van der Waals surface area contributed by atoms with Gasteiger partial charge in [0, 0.05) is 35.2 Å². The SMILES string of the molecule is COC(=O)/C(=C1/CCCN1)C1C=CC=CC1.[C-]#[O+].[C-]#[O+].[C-]#[O+].[Fe]. The first-order chi connectivity index (χ1) is 10.8. The Balaban J connectivity index is -0.000000514. The van der Waals surface area contributed by atoms with Crippen LogP contribution in [-0.4, -0.2) is 19.6 Å². The van der Waals surface area contributed by atoms with Crippen LogP contribution < -0.4 is 5.32 Å². The second kappa shape index (κ2) is 18.3. The molecule has 0 bridgehead atoms. The number of esters is 1. The summed E-state index contributed by atoms with van der Waals surface area (Å²) in [5.74, 6) is -0.0348. The molecule has 0 aromatic heterocycles. The monoisotopic (exact) mass is 359 g/mol. The third kappa shape index (κ3) is 9.07. The second-order valence-electron chi connectivity index (χ2n) is 4.07. The van der Waals surface area contributed by atoms with Crippen LogP contribution in [-0.2, 0) is 40.6 Å². The first-order valence-electron chi connectivity index (χ1n) is 6.32. The predicted molar refractivity (Wildman–Crippen MR) is 74.5 cm³/mol. The summed E-state index contributed by atoms with van der Waals surface area (Å²) >= 11 is 0. The van der Waals surface area contributed by atoms with Crippen LogP contribution in [0.4, 0.5) is 0 Å². The van der Waals surface area contributed by atoms with Crippen LogP contribution in [0.1, 0.15) is 19.3 Å². The third-order valence-electron chi connectivity index (χ3n) is 3.02. The van der Waals surface area contributed by atoms with Crippen molar-refractivity contribution < 1.29 is 40.6 Å². The molecule has 1 aliphatic carbocycles. The van der Waals surface area contributed by atoms with Gasteiger partial charge >= 0.3 is 39.9 Å². The number of hydrogen-bond donors (Lipinski definition) is 1. The van der Waals surface area contributed by atoms with Gasteiger partial charge in [-0.3, -0.25) is 0 Å². The summed E-state index contributed by atoms with van der Waals surface area (Å²) < 4.78 is 27.4. The molecular weight excluding hydrogens is 342 g/mol. The molecule has 1 fully saturated rings. The van der Waals surface area contributed by atoms with Gasteiger partial charge in [-0.05, 0) is 19.3 Å². The number of carbonyl (C=O) groups is 1. The first kappa shape index (κ1) is 26.1. The molecule has 0 radical (unpaired) electrons. The zero-order valence-electron chi connectivity index (χ0n) is 12.6. The van der Waals surface area contributed by atoms with Gasteiger partial charge in [-0.25, -0.2) is 4.79 Å². The molecule has 0 saturated carbocycles. The zero-order valence-corrected chi connectivity index (χ0v) is 13.7. The minimum Gasteiger partial charge on any atom is 0 e. The Morgan fingerprint density at radius 1 is 1.22 bits per heavy atom. The molecule has 0 amide bonds. The standard InChI is InChI=1S/C13H17NO2.3CO.Fe/c1-16-13(15)12(11-8-5-9-14-11)10-6-3-2-4-7-10;3*1-2;/h2-4,6,10,14H,5,7-9H2,1H3;;;;/b12-11-;;;;. The Bertz CT molecular complexity index is 466. The van der Waals surface area contributed by atoms with Crippen LogP contribution in [0.15, 0.2) is 35.6 Å². The zero-order chi connectivity index (χ0) is 17.4. The molecule has 1 heterocycles. The van der Waals surface area contributed by atoms with Crippen molar-refractivity contribution in [2.45, 2.75) is 19.3 Å². The van der Waals surface area contributed by atoms with E-state index in [4.69, 9.17) is 18.7 Å². The maximum absolute atomic E-state index is 11.8. The predicted octanol–water partition coefficient (Wildman–Crippen LogP) is 1.81. The number of carbonyl (C=O) groups excluding carboxylic acids is 1. The molecule has 2 rings (SSSR count). The van der Waals surface area contributed by atoms with Gasteiger partial charge in [-0.2, -0.15) is 0 Å². The normalized spacial score (nSPS) is 18.7. The van der Waals surface area contributed by atoms with Crippen LogP contribution >= 0.6 is 0 Å². The van der Waals surface area contributed by atoms with Crippen molar-refractivity contribution in [1.29, 1.82) is 0 Å². The van der Waals surface area contributed by atoms with E-state index in [-0.39, 0.29) is 29.0 Å². The Hall–Kier alpha value is -1.77. The summed E-state index contributed by atoms with van der Waals surface area (Å²) in [6.07, 6.45) is 11.1. The largest absolute Gasteiger partial charge is 0 e. The van der Waals surface area contributed by atoms with Gasteiger partial charge in [-0.15, -0.1) is 0 Å². The van der Waals surface area contributed by atoms with Gasteiger partial charge in [0.05, 0.1) is 12.7 Å². The molecule has 23 heavy (non-hydrogen) atoms. The van der Waals surface area contributed by atoms with E-state index in [1.165, 1.54) is 7.11 Å². The van der Waals surface area contributed by atoms with Crippen molar-refractivity contribution >= 4 is 5.97 Å². The van der Waals surface area contributed by atoms with Crippen LogP contribution in [0, 0.1) is 25.9 Å². The van der Waals surface area contributed by atoms with Crippen molar-refractivity contribution in [2.24, 2.45) is 5.92 Å². The van der Waals surface area contributed by atoms with Crippen LogP contribution in [0.2, 0.25) is 0 Å². The van der Waals surface area contributed by atoms with Gasteiger partial charge < -0.3 is 10.1 Å². The van der Waals surface area contributed by atoms with Crippen molar-refractivity contribution in [1.82, 2.24) is 5.32 Å². The molecule has 0 spiro atoms. The van der Waals surface area contributed by atoms with Gasteiger partial charge in [0.15, 0.2) is 0 Å². The smallest absolute Gasteiger partial charge is 0 e. The quantitative estimate of drug-likeness (QED) is 0.268.